The molecule has 0 atom stereocenters. The summed E-state index contributed by atoms with van der Waals surface area (Å²) in [6, 6.07) is 17.5. The Morgan fingerprint density at radius 2 is 1.70 bits per heavy atom. The first-order valence-electron chi connectivity index (χ1n) is 8.17. The lowest BCUT2D eigenvalue weighted by atomic mass is 9.98. The zero-order valence-electron chi connectivity index (χ0n) is 13.6. The minimum absolute atomic E-state index is 0.172. The molecule has 118 valence electrons. The van der Waals surface area contributed by atoms with Crippen molar-refractivity contribution in [1.29, 1.82) is 0 Å². The number of aryl methyl sites for hydroxylation is 1. The maximum absolute atomic E-state index is 14.9. The van der Waals surface area contributed by atoms with Crippen molar-refractivity contribution >= 4 is 10.8 Å². The van der Waals surface area contributed by atoms with Crippen molar-refractivity contribution in [3.63, 3.8) is 0 Å². The molecule has 0 bridgehead atoms. The molecule has 0 unspecified atom stereocenters. The van der Waals surface area contributed by atoms with E-state index in [1.54, 1.807) is 6.07 Å². The molecule has 0 saturated heterocycles. The minimum atomic E-state index is -0.172. The van der Waals surface area contributed by atoms with Crippen LogP contribution in [-0.4, -0.2) is 6.61 Å². The second-order valence-corrected chi connectivity index (χ2v) is 5.69. The minimum Gasteiger partial charge on any atom is -0.494 e. The average molecular weight is 308 g/mol. The molecule has 3 aromatic carbocycles. The highest BCUT2D eigenvalue weighted by molar-refractivity contribution is 5.89. The fraction of sp³-hybridized carbons (Fsp3) is 0.238. The Morgan fingerprint density at radius 3 is 2.39 bits per heavy atom. The van der Waals surface area contributed by atoms with Gasteiger partial charge in [-0.2, -0.15) is 0 Å². The third-order valence-corrected chi connectivity index (χ3v) is 4.04. The molecule has 0 radical (unpaired) electrons. The van der Waals surface area contributed by atoms with E-state index in [9.17, 15) is 4.39 Å². The number of fused-ring (bicyclic) bond motifs is 1. The summed E-state index contributed by atoms with van der Waals surface area (Å²) in [4.78, 5) is 0. The van der Waals surface area contributed by atoms with Gasteiger partial charge in [-0.3, -0.25) is 0 Å². The number of hydrogen-bond acceptors (Lipinski definition) is 1. The van der Waals surface area contributed by atoms with Crippen LogP contribution >= 0.6 is 0 Å². The number of hydrogen-bond donors (Lipinski definition) is 0. The first-order valence-corrected chi connectivity index (χ1v) is 8.17. The number of ether oxygens (including phenoxy) is 1. The molecule has 23 heavy (non-hydrogen) atoms. The summed E-state index contributed by atoms with van der Waals surface area (Å²) in [7, 11) is 0. The lowest BCUT2D eigenvalue weighted by molar-refractivity contribution is 0.340. The Balaban J connectivity index is 2.01. The van der Waals surface area contributed by atoms with E-state index in [1.165, 1.54) is 5.56 Å². The fourth-order valence-electron chi connectivity index (χ4n) is 2.89. The lowest BCUT2D eigenvalue weighted by Gasteiger charge is -2.10. The molecule has 0 heterocycles. The van der Waals surface area contributed by atoms with Crippen molar-refractivity contribution in [3.05, 3.63) is 66.0 Å². The molecule has 0 fully saturated rings. The van der Waals surface area contributed by atoms with Crippen LogP contribution in [-0.2, 0) is 6.42 Å². The highest BCUT2D eigenvalue weighted by atomic mass is 19.1. The van der Waals surface area contributed by atoms with Gasteiger partial charge in [0, 0.05) is 10.9 Å². The van der Waals surface area contributed by atoms with Crippen LogP contribution in [0.4, 0.5) is 4.39 Å². The van der Waals surface area contributed by atoms with Gasteiger partial charge in [0.1, 0.15) is 11.6 Å². The monoisotopic (exact) mass is 308 g/mol. The average Bonchev–Trinajstić information content (AvgIpc) is 2.57. The van der Waals surface area contributed by atoms with Crippen LogP contribution in [0.1, 0.15) is 25.8 Å². The predicted molar refractivity (Wildman–Crippen MR) is 94.5 cm³/mol. The number of rotatable bonds is 5. The number of halogens is 1. The van der Waals surface area contributed by atoms with Gasteiger partial charge in [-0.1, -0.05) is 49.7 Å². The molecule has 3 aromatic rings. The van der Waals surface area contributed by atoms with Crippen LogP contribution in [0, 0.1) is 5.82 Å². The number of benzene rings is 3. The molecule has 0 amide bonds. The topological polar surface area (TPSA) is 9.23 Å². The van der Waals surface area contributed by atoms with Crippen LogP contribution in [0.25, 0.3) is 21.9 Å². The maximum Gasteiger partial charge on any atom is 0.138 e. The van der Waals surface area contributed by atoms with Crippen molar-refractivity contribution in [2.24, 2.45) is 0 Å². The molecule has 1 nitrogen and oxygen atoms in total. The SMILES string of the molecule is CCCc1ccc(-c2ccc3cc(OCC)ccc3c2F)cc1. The zero-order chi connectivity index (χ0) is 16.2. The lowest BCUT2D eigenvalue weighted by Crippen LogP contribution is -1.92. The van der Waals surface area contributed by atoms with Crippen molar-refractivity contribution in [1.82, 2.24) is 0 Å². The molecule has 2 heteroatoms. The van der Waals surface area contributed by atoms with Gasteiger partial charge in [0.2, 0.25) is 0 Å². The predicted octanol–water partition coefficient (Wildman–Crippen LogP) is 6.00. The van der Waals surface area contributed by atoms with E-state index in [0.29, 0.717) is 17.6 Å². The maximum atomic E-state index is 14.9. The molecule has 0 saturated carbocycles. The second kappa shape index (κ2) is 6.82. The molecular formula is C21H21FO. The smallest absolute Gasteiger partial charge is 0.138 e. The van der Waals surface area contributed by atoms with E-state index >= 15 is 0 Å². The normalized spacial score (nSPS) is 10.9. The molecule has 3 rings (SSSR count). The fourth-order valence-corrected chi connectivity index (χ4v) is 2.89. The Labute approximate surface area is 136 Å². The van der Waals surface area contributed by atoms with E-state index in [-0.39, 0.29) is 5.82 Å². The highest BCUT2D eigenvalue weighted by Gasteiger charge is 2.10. The quantitative estimate of drug-likeness (QED) is 0.562. The summed E-state index contributed by atoms with van der Waals surface area (Å²) in [6.45, 7) is 4.71. The summed E-state index contributed by atoms with van der Waals surface area (Å²) in [5.41, 5.74) is 2.85. The van der Waals surface area contributed by atoms with E-state index < -0.39 is 0 Å². The Hall–Kier alpha value is -2.35. The van der Waals surface area contributed by atoms with Crippen molar-refractivity contribution < 1.29 is 9.13 Å². The van der Waals surface area contributed by atoms with Crippen molar-refractivity contribution in [2.75, 3.05) is 6.61 Å². The summed E-state index contributed by atoms with van der Waals surface area (Å²) in [5, 5.41) is 1.49. The van der Waals surface area contributed by atoms with Gasteiger partial charge in [-0.25, -0.2) is 4.39 Å². The van der Waals surface area contributed by atoms with Crippen molar-refractivity contribution in [3.8, 4) is 16.9 Å². The van der Waals surface area contributed by atoms with E-state index in [0.717, 1.165) is 29.5 Å². The highest BCUT2D eigenvalue weighted by Crippen LogP contribution is 2.31. The second-order valence-electron chi connectivity index (χ2n) is 5.69. The van der Waals surface area contributed by atoms with Gasteiger partial charge in [-0.05, 0) is 48.1 Å². The summed E-state index contributed by atoms with van der Waals surface area (Å²) in [5.74, 6) is 0.602. The van der Waals surface area contributed by atoms with Gasteiger partial charge in [-0.15, -0.1) is 0 Å². The molecular weight excluding hydrogens is 287 g/mol. The Bertz CT molecular complexity index is 806. The van der Waals surface area contributed by atoms with Gasteiger partial charge in [0.25, 0.3) is 0 Å². The largest absolute Gasteiger partial charge is 0.494 e. The van der Waals surface area contributed by atoms with Gasteiger partial charge in [0.15, 0.2) is 0 Å². The van der Waals surface area contributed by atoms with Gasteiger partial charge in [0.05, 0.1) is 6.61 Å². The summed E-state index contributed by atoms with van der Waals surface area (Å²) < 4.78 is 20.4. The molecule has 0 spiro atoms. The van der Waals surface area contributed by atoms with Crippen LogP contribution < -0.4 is 4.74 Å². The summed E-state index contributed by atoms with van der Waals surface area (Å²) in [6.07, 6.45) is 2.17. The Kier molecular flexibility index (Phi) is 4.61. The molecule has 0 N–H and O–H groups in total. The third kappa shape index (κ3) is 3.21. The van der Waals surface area contributed by atoms with Crippen LogP contribution in [0.5, 0.6) is 5.75 Å². The van der Waals surface area contributed by atoms with Crippen LogP contribution in [0.3, 0.4) is 0 Å². The third-order valence-electron chi connectivity index (χ3n) is 4.04. The zero-order valence-corrected chi connectivity index (χ0v) is 13.6. The van der Waals surface area contributed by atoms with Gasteiger partial charge < -0.3 is 4.74 Å². The molecule has 0 aliphatic carbocycles. The summed E-state index contributed by atoms with van der Waals surface area (Å²) >= 11 is 0. The van der Waals surface area contributed by atoms with E-state index in [2.05, 4.69) is 19.1 Å². The van der Waals surface area contributed by atoms with Gasteiger partial charge >= 0.3 is 0 Å². The standard InChI is InChI=1S/C21H21FO/c1-3-5-15-6-8-16(9-7-15)19-12-10-17-14-18(23-4-2)11-13-20(17)21(19)22/h6-14H,3-5H2,1-2H3. The van der Waals surface area contributed by atoms with E-state index in [4.69, 9.17) is 4.74 Å². The first kappa shape index (κ1) is 15.5. The van der Waals surface area contributed by atoms with Crippen LogP contribution in [0.15, 0.2) is 54.6 Å². The molecule has 0 aromatic heterocycles. The van der Waals surface area contributed by atoms with E-state index in [1.807, 2.05) is 43.3 Å². The molecule has 0 aliphatic heterocycles. The van der Waals surface area contributed by atoms with Crippen LogP contribution in [0.2, 0.25) is 0 Å². The van der Waals surface area contributed by atoms with Crippen molar-refractivity contribution in [2.45, 2.75) is 26.7 Å². The Morgan fingerprint density at radius 1 is 0.913 bits per heavy atom. The molecule has 0 aliphatic rings. The first-order chi connectivity index (χ1) is 11.2.